The van der Waals surface area contributed by atoms with Crippen LogP contribution in [0.3, 0.4) is 0 Å². The first-order valence-corrected chi connectivity index (χ1v) is 6.89. The Kier molecular flexibility index (Phi) is 5.01. The molecule has 2 rings (SSSR count). The third-order valence-electron chi connectivity index (χ3n) is 3.15. The average molecular weight is 292 g/mol. The predicted octanol–water partition coefficient (Wildman–Crippen LogP) is 3.11. The zero-order valence-electron chi connectivity index (χ0n) is 11.3. The summed E-state index contributed by atoms with van der Waals surface area (Å²) in [6.45, 7) is 1.98. The van der Waals surface area contributed by atoms with Gasteiger partial charge in [-0.2, -0.15) is 0 Å². The van der Waals surface area contributed by atoms with Crippen molar-refractivity contribution < 1.29 is 10.2 Å². The number of phenolic OH excluding ortho intramolecular Hbond substituents is 1. The Morgan fingerprint density at radius 1 is 1.00 bits per heavy atom. The zero-order valence-corrected chi connectivity index (χ0v) is 12.0. The summed E-state index contributed by atoms with van der Waals surface area (Å²) >= 11 is 5.92. The van der Waals surface area contributed by atoms with Crippen molar-refractivity contribution in [1.29, 1.82) is 0 Å². The normalized spacial score (nSPS) is 13.9. The van der Waals surface area contributed by atoms with Crippen LogP contribution in [0.5, 0.6) is 5.75 Å². The predicted molar refractivity (Wildman–Crippen MR) is 81.1 cm³/mol. The van der Waals surface area contributed by atoms with E-state index in [2.05, 4.69) is 5.32 Å². The van der Waals surface area contributed by atoms with Gasteiger partial charge in [0.05, 0.1) is 12.6 Å². The number of nitrogens with one attached hydrogen (secondary N) is 1. The second-order valence-electron chi connectivity index (χ2n) is 4.83. The van der Waals surface area contributed by atoms with E-state index in [1.165, 1.54) is 0 Å². The van der Waals surface area contributed by atoms with Gasteiger partial charge in [-0.15, -0.1) is 0 Å². The van der Waals surface area contributed by atoms with E-state index in [0.29, 0.717) is 5.02 Å². The number of benzene rings is 2. The van der Waals surface area contributed by atoms with Gasteiger partial charge in [0.1, 0.15) is 5.75 Å². The monoisotopic (exact) mass is 291 g/mol. The van der Waals surface area contributed by atoms with Crippen LogP contribution >= 0.6 is 11.6 Å². The summed E-state index contributed by atoms with van der Waals surface area (Å²) in [6, 6.07) is 14.5. The molecule has 3 N–H and O–H groups in total. The fourth-order valence-corrected chi connectivity index (χ4v) is 2.17. The third-order valence-corrected chi connectivity index (χ3v) is 3.41. The molecule has 0 aliphatic heterocycles. The van der Waals surface area contributed by atoms with E-state index < -0.39 is 0 Å². The van der Waals surface area contributed by atoms with Crippen LogP contribution in [0.15, 0.2) is 48.5 Å². The molecule has 2 atom stereocenters. The second kappa shape index (κ2) is 6.75. The van der Waals surface area contributed by atoms with E-state index in [4.69, 9.17) is 11.6 Å². The molecule has 0 aromatic heterocycles. The van der Waals surface area contributed by atoms with Crippen molar-refractivity contribution in [2.45, 2.75) is 19.0 Å². The molecular weight excluding hydrogens is 274 g/mol. The van der Waals surface area contributed by atoms with Crippen LogP contribution in [0, 0.1) is 0 Å². The highest BCUT2D eigenvalue weighted by Crippen LogP contribution is 2.25. The lowest BCUT2D eigenvalue weighted by atomic mass is 9.98. The zero-order chi connectivity index (χ0) is 14.5. The fourth-order valence-electron chi connectivity index (χ4n) is 2.04. The maximum atomic E-state index is 9.40. The van der Waals surface area contributed by atoms with E-state index in [0.717, 1.165) is 11.1 Å². The highest BCUT2D eigenvalue weighted by atomic mass is 35.5. The topological polar surface area (TPSA) is 52.5 Å². The molecule has 0 fully saturated rings. The quantitative estimate of drug-likeness (QED) is 0.793. The Bertz CT molecular complexity index is 494. The molecule has 20 heavy (non-hydrogen) atoms. The SMILES string of the molecule is C[C@H](CO)NC(c1ccc(O)cc1)c1ccc(Cl)cc1. The minimum absolute atomic E-state index is 0.0375. The number of halogens is 1. The molecule has 0 heterocycles. The molecule has 2 aromatic carbocycles. The van der Waals surface area contributed by atoms with E-state index in [9.17, 15) is 10.2 Å². The summed E-state index contributed by atoms with van der Waals surface area (Å²) < 4.78 is 0. The summed E-state index contributed by atoms with van der Waals surface area (Å²) in [5, 5.41) is 22.7. The van der Waals surface area contributed by atoms with Gasteiger partial charge in [-0.1, -0.05) is 35.9 Å². The Balaban J connectivity index is 2.33. The molecule has 106 valence electrons. The Morgan fingerprint density at radius 3 is 2.00 bits per heavy atom. The van der Waals surface area contributed by atoms with Crippen molar-refractivity contribution in [2.24, 2.45) is 0 Å². The number of hydrogen-bond acceptors (Lipinski definition) is 3. The first-order chi connectivity index (χ1) is 9.60. The van der Waals surface area contributed by atoms with E-state index in [1.54, 1.807) is 12.1 Å². The van der Waals surface area contributed by atoms with Crippen LogP contribution in [0.2, 0.25) is 5.02 Å². The standard InChI is InChI=1S/C16H18ClNO2/c1-11(10-19)18-16(12-2-6-14(17)7-3-12)13-4-8-15(20)9-5-13/h2-9,11,16,18-20H,10H2,1H3/t11-,16?/m1/s1. The van der Waals surface area contributed by atoms with Crippen LogP contribution in [-0.4, -0.2) is 22.9 Å². The number of aromatic hydroxyl groups is 1. The molecule has 0 spiro atoms. The van der Waals surface area contributed by atoms with E-state index in [1.807, 2.05) is 43.3 Å². The Morgan fingerprint density at radius 2 is 1.50 bits per heavy atom. The lowest BCUT2D eigenvalue weighted by Gasteiger charge is -2.23. The first kappa shape index (κ1) is 14.9. The molecule has 0 saturated carbocycles. The molecule has 0 saturated heterocycles. The van der Waals surface area contributed by atoms with Crippen LogP contribution in [-0.2, 0) is 0 Å². The molecule has 1 unspecified atom stereocenters. The van der Waals surface area contributed by atoms with Crippen LogP contribution in [0.1, 0.15) is 24.1 Å². The van der Waals surface area contributed by atoms with Crippen molar-refractivity contribution in [1.82, 2.24) is 5.32 Å². The second-order valence-corrected chi connectivity index (χ2v) is 5.26. The Labute approximate surface area is 123 Å². The summed E-state index contributed by atoms with van der Waals surface area (Å²) in [5.74, 6) is 0.235. The highest BCUT2D eigenvalue weighted by Gasteiger charge is 2.16. The lowest BCUT2D eigenvalue weighted by Crippen LogP contribution is -2.33. The maximum Gasteiger partial charge on any atom is 0.115 e. The molecule has 0 radical (unpaired) electrons. The minimum atomic E-state index is -0.0602. The van der Waals surface area contributed by atoms with Gasteiger partial charge in [0, 0.05) is 11.1 Å². The van der Waals surface area contributed by atoms with Crippen LogP contribution in [0.25, 0.3) is 0 Å². The van der Waals surface area contributed by atoms with Crippen molar-refractivity contribution in [2.75, 3.05) is 6.61 Å². The first-order valence-electron chi connectivity index (χ1n) is 6.51. The summed E-state index contributed by atoms with van der Waals surface area (Å²) in [5.41, 5.74) is 2.07. The lowest BCUT2D eigenvalue weighted by molar-refractivity contribution is 0.245. The van der Waals surface area contributed by atoms with Crippen LogP contribution in [0.4, 0.5) is 0 Å². The molecular formula is C16H18ClNO2. The maximum absolute atomic E-state index is 9.40. The summed E-state index contributed by atoms with van der Waals surface area (Å²) in [7, 11) is 0. The smallest absolute Gasteiger partial charge is 0.115 e. The van der Waals surface area contributed by atoms with Crippen molar-refractivity contribution >= 4 is 11.6 Å². The van der Waals surface area contributed by atoms with Gasteiger partial charge >= 0.3 is 0 Å². The number of hydrogen-bond donors (Lipinski definition) is 3. The van der Waals surface area contributed by atoms with Gasteiger partial charge in [-0.3, -0.25) is 0 Å². The third kappa shape index (κ3) is 3.73. The number of aliphatic hydroxyl groups excluding tert-OH is 1. The molecule has 3 nitrogen and oxygen atoms in total. The molecule has 0 amide bonds. The fraction of sp³-hybridized carbons (Fsp3) is 0.250. The van der Waals surface area contributed by atoms with Gasteiger partial charge in [0.2, 0.25) is 0 Å². The number of aliphatic hydroxyl groups is 1. The molecule has 0 aliphatic rings. The van der Waals surface area contributed by atoms with Gasteiger partial charge in [-0.25, -0.2) is 0 Å². The van der Waals surface area contributed by atoms with E-state index >= 15 is 0 Å². The van der Waals surface area contributed by atoms with E-state index in [-0.39, 0.29) is 24.4 Å². The summed E-state index contributed by atoms with van der Waals surface area (Å²) in [4.78, 5) is 0. The number of rotatable bonds is 5. The van der Waals surface area contributed by atoms with Gasteiger partial charge < -0.3 is 15.5 Å². The molecule has 4 heteroatoms. The highest BCUT2D eigenvalue weighted by molar-refractivity contribution is 6.30. The molecule has 0 aliphatic carbocycles. The van der Waals surface area contributed by atoms with Crippen molar-refractivity contribution in [3.05, 3.63) is 64.7 Å². The van der Waals surface area contributed by atoms with Crippen LogP contribution < -0.4 is 5.32 Å². The van der Waals surface area contributed by atoms with Crippen molar-refractivity contribution in [3.8, 4) is 5.75 Å². The minimum Gasteiger partial charge on any atom is -0.508 e. The largest absolute Gasteiger partial charge is 0.508 e. The van der Waals surface area contributed by atoms with Gasteiger partial charge in [0.15, 0.2) is 0 Å². The van der Waals surface area contributed by atoms with Gasteiger partial charge in [-0.05, 0) is 42.3 Å². The molecule has 0 bridgehead atoms. The number of phenols is 1. The Hall–Kier alpha value is -1.55. The molecule has 2 aromatic rings. The van der Waals surface area contributed by atoms with Crippen molar-refractivity contribution in [3.63, 3.8) is 0 Å². The van der Waals surface area contributed by atoms with Gasteiger partial charge in [0.25, 0.3) is 0 Å². The average Bonchev–Trinajstić information content (AvgIpc) is 2.46. The summed E-state index contributed by atoms with van der Waals surface area (Å²) in [6.07, 6.45) is 0.